The first kappa shape index (κ1) is 22.8. The van der Waals surface area contributed by atoms with Crippen LogP contribution in [0.2, 0.25) is 0 Å². The zero-order valence-corrected chi connectivity index (χ0v) is 17.7. The fourth-order valence-electron chi connectivity index (χ4n) is 2.89. The Morgan fingerprint density at radius 3 is 1.77 bits per heavy atom. The van der Waals surface area contributed by atoms with E-state index in [4.69, 9.17) is 5.41 Å². The molecule has 0 unspecified atom stereocenters. The fraction of sp³-hybridized carbons (Fsp3) is 0.304. The molecule has 0 aliphatic carbocycles. The summed E-state index contributed by atoms with van der Waals surface area (Å²) in [6.45, 7) is 7.33. The van der Waals surface area contributed by atoms with Crippen LogP contribution in [-0.4, -0.2) is 34.1 Å². The van der Waals surface area contributed by atoms with E-state index in [0.717, 1.165) is 24.0 Å². The van der Waals surface area contributed by atoms with E-state index in [9.17, 15) is 14.9 Å². The minimum Gasteiger partial charge on any atom is -0.297 e. The van der Waals surface area contributed by atoms with Crippen LogP contribution >= 0.6 is 0 Å². The number of rotatable bonds is 5. The number of nitrogens with zero attached hydrogens (tertiary/aromatic N) is 3. The molecule has 0 spiro atoms. The van der Waals surface area contributed by atoms with Crippen molar-refractivity contribution in [3.63, 3.8) is 0 Å². The number of carbonyl (C=O) groups is 1. The summed E-state index contributed by atoms with van der Waals surface area (Å²) in [6, 6.07) is 15.8. The van der Waals surface area contributed by atoms with Gasteiger partial charge in [-0.15, -0.1) is 0 Å². The second-order valence-electron chi connectivity index (χ2n) is 6.87. The van der Waals surface area contributed by atoms with Gasteiger partial charge < -0.3 is 0 Å². The van der Waals surface area contributed by atoms with Crippen molar-refractivity contribution in [1.82, 2.24) is 0 Å². The molecule has 2 aromatic carbocycles. The number of nitrogens with one attached hydrogen (secondary N) is 1. The van der Waals surface area contributed by atoms with Crippen LogP contribution in [0.5, 0.6) is 0 Å². The summed E-state index contributed by atoms with van der Waals surface area (Å²) < 4.78 is 0. The van der Waals surface area contributed by atoms with Gasteiger partial charge in [0.05, 0.1) is 22.1 Å². The van der Waals surface area contributed by atoms with E-state index in [2.05, 4.69) is 36.0 Å². The molecular weight excluding hydrogens is 380 g/mol. The molecule has 0 saturated heterocycles. The molecule has 0 saturated carbocycles. The highest BCUT2D eigenvalue weighted by Crippen LogP contribution is 2.14. The quantitative estimate of drug-likeness (QED) is 0.447. The maximum absolute atomic E-state index is 12.4. The Hall–Kier alpha value is -3.48. The lowest BCUT2D eigenvalue weighted by Crippen LogP contribution is -2.30. The van der Waals surface area contributed by atoms with Crippen LogP contribution in [0.3, 0.4) is 0 Å². The smallest absolute Gasteiger partial charge is 0.297 e. The third-order valence-corrected chi connectivity index (χ3v) is 4.73. The lowest BCUT2D eigenvalue weighted by atomic mass is 9.99. The Kier molecular flexibility index (Phi) is 7.86. The van der Waals surface area contributed by atoms with E-state index >= 15 is 0 Å². The van der Waals surface area contributed by atoms with Crippen molar-refractivity contribution in [1.29, 1.82) is 5.41 Å². The molecule has 0 atom stereocenters. The topological polar surface area (TPSA) is 109 Å². The second-order valence-corrected chi connectivity index (χ2v) is 6.87. The second kappa shape index (κ2) is 10.3. The Morgan fingerprint density at radius 1 is 0.967 bits per heavy atom. The van der Waals surface area contributed by atoms with E-state index in [-0.39, 0.29) is 11.5 Å². The molecule has 7 heteroatoms. The van der Waals surface area contributed by atoms with Gasteiger partial charge in [0.15, 0.2) is 5.78 Å². The van der Waals surface area contributed by atoms with Crippen molar-refractivity contribution in [2.75, 3.05) is 0 Å². The molecule has 0 bridgehead atoms. The van der Waals surface area contributed by atoms with Crippen molar-refractivity contribution in [2.45, 2.75) is 46.8 Å². The molecule has 1 N–H and O–H groups in total. The normalized spacial score (nSPS) is 15.5. The van der Waals surface area contributed by atoms with Crippen LogP contribution in [0.1, 0.15) is 54.7 Å². The van der Waals surface area contributed by atoms with Crippen LogP contribution in [0.4, 0.5) is 0 Å². The largest absolute Gasteiger partial charge is 0.403 e. The van der Waals surface area contributed by atoms with Gasteiger partial charge in [0.1, 0.15) is 0 Å². The maximum atomic E-state index is 12.4. The number of carbonyl (C=O) groups excluding carboxylic acids is 1. The number of hydrogen-bond acceptors (Lipinski definition) is 6. The molecule has 0 aromatic heterocycles. The zero-order chi connectivity index (χ0) is 22.3. The highest BCUT2D eigenvalue weighted by Gasteiger charge is 2.24. The zero-order valence-electron chi connectivity index (χ0n) is 17.7. The fourth-order valence-corrected chi connectivity index (χ4v) is 2.89. The summed E-state index contributed by atoms with van der Waals surface area (Å²) in [5, 5.41) is 17.6. The summed E-state index contributed by atoms with van der Waals surface area (Å²) in [5.74, 6) is 0.112. The highest BCUT2D eigenvalue weighted by molar-refractivity contribution is 6.67. The van der Waals surface area contributed by atoms with Gasteiger partial charge in [-0.3, -0.25) is 20.3 Å². The van der Waals surface area contributed by atoms with Gasteiger partial charge in [0, 0.05) is 11.1 Å². The summed E-state index contributed by atoms with van der Waals surface area (Å²) in [7, 11) is 0. The number of aliphatic imine (C=N–C) groups is 2. The monoisotopic (exact) mass is 406 g/mol. The lowest BCUT2D eigenvalue weighted by molar-refractivity contribution is -0.518. The van der Waals surface area contributed by atoms with Crippen molar-refractivity contribution >= 4 is 22.9 Å². The summed E-state index contributed by atoms with van der Waals surface area (Å²) in [5.41, 5.74) is 4.87. The molecule has 30 heavy (non-hydrogen) atoms. The molecule has 2 aromatic rings. The molecule has 156 valence electrons. The third kappa shape index (κ3) is 5.76. The predicted molar refractivity (Wildman–Crippen MR) is 120 cm³/mol. The molecule has 3 rings (SSSR count). The van der Waals surface area contributed by atoms with Gasteiger partial charge in [0.2, 0.25) is 0 Å². The third-order valence-electron chi connectivity index (χ3n) is 4.73. The number of ketones is 1. The summed E-state index contributed by atoms with van der Waals surface area (Å²) in [4.78, 5) is 29.3. The van der Waals surface area contributed by atoms with Gasteiger partial charge in [-0.05, 0) is 49.9 Å². The first-order valence-electron chi connectivity index (χ1n) is 9.81. The van der Waals surface area contributed by atoms with E-state index in [1.165, 1.54) is 11.1 Å². The van der Waals surface area contributed by atoms with Gasteiger partial charge in [0.25, 0.3) is 0 Å². The van der Waals surface area contributed by atoms with E-state index in [1.54, 1.807) is 13.8 Å². The van der Waals surface area contributed by atoms with Crippen molar-refractivity contribution < 1.29 is 9.72 Å². The molecule has 1 aliphatic rings. The molecule has 1 aliphatic heterocycles. The standard InChI is InChI=1S/C17H18O.C6H8N4O2/c1-3-13-7-5-9-15(11-13)17(18)16-10-6-8-14(4-2)12-16;1-3-5(7)4(2)9-6(8-3)10(11)12/h5-12H,3-4H2,1-2H3;6-7H,1-2H3. The number of nitro groups is 1. The minimum absolute atomic E-state index is 0.112. The Balaban J connectivity index is 0.000000232. The first-order chi connectivity index (χ1) is 14.3. The highest BCUT2D eigenvalue weighted by atomic mass is 16.6. The molecule has 0 fully saturated rings. The molecule has 0 amide bonds. The average molecular weight is 406 g/mol. The Labute approximate surface area is 176 Å². The van der Waals surface area contributed by atoms with E-state index in [0.29, 0.717) is 11.4 Å². The van der Waals surface area contributed by atoms with Gasteiger partial charge in [-0.1, -0.05) is 50.2 Å². The minimum atomic E-state index is -1.25. The van der Waals surface area contributed by atoms with Crippen LogP contribution in [0.15, 0.2) is 58.5 Å². The number of aryl methyl sites for hydroxylation is 2. The number of hydrogen-bond donors (Lipinski definition) is 1. The first-order valence-corrected chi connectivity index (χ1v) is 9.81. The lowest BCUT2D eigenvalue weighted by Gasteiger charge is -2.10. The van der Waals surface area contributed by atoms with Gasteiger partial charge >= 0.3 is 6.29 Å². The Morgan fingerprint density at radius 2 is 1.40 bits per heavy atom. The van der Waals surface area contributed by atoms with Crippen molar-refractivity contribution in [2.24, 2.45) is 9.98 Å². The van der Waals surface area contributed by atoms with Crippen LogP contribution in [-0.2, 0) is 12.8 Å². The Bertz CT molecular complexity index is 953. The predicted octanol–water partition coefficient (Wildman–Crippen LogP) is 4.54. The van der Waals surface area contributed by atoms with Crippen molar-refractivity contribution in [3.8, 4) is 0 Å². The van der Waals surface area contributed by atoms with Crippen LogP contribution in [0, 0.1) is 15.5 Å². The average Bonchev–Trinajstić information content (AvgIpc) is 2.77. The summed E-state index contributed by atoms with van der Waals surface area (Å²) in [6.07, 6.45) is 0.658. The maximum Gasteiger partial charge on any atom is 0.403 e. The van der Waals surface area contributed by atoms with Crippen LogP contribution in [0.25, 0.3) is 0 Å². The summed E-state index contributed by atoms with van der Waals surface area (Å²) >= 11 is 0. The molecular formula is C23H26N4O3. The molecule has 0 radical (unpaired) electrons. The van der Waals surface area contributed by atoms with Gasteiger partial charge in [-0.2, -0.15) is 9.98 Å². The van der Waals surface area contributed by atoms with Crippen LogP contribution < -0.4 is 0 Å². The van der Waals surface area contributed by atoms with Gasteiger partial charge in [-0.25, -0.2) is 0 Å². The van der Waals surface area contributed by atoms with Crippen molar-refractivity contribution in [3.05, 3.63) is 80.9 Å². The van der Waals surface area contributed by atoms with E-state index < -0.39 is 11.2 Å². The van der Waals surface area contributed by atoms with E-state index in [1.807, 2.05) is 36.4 Å². The molecule has 7 nitrogen and oxygen atoms in total. The SMILES string of the molecule is CC1=NC([N+](=O)[O-])N=C(C)C1=N.CCc1cccc(C(=O)c2cccc(CC)c2)c1. The number of benzene rings is 2. The molecule has 1 heterocycles.